The summed E-state index contributed by atoms with van der Waals surface area (Å²) in [4.78, 5) is 13.0. The SMILES string of the molecule is NC[C@H]1CN(C2CCOC2)C(=O)O1. The van der Waals surface area contributed by atoms with Gasteiger partial charge in [-0.2, -0.15) is 0 Å². The van der Waals surface area contributed by atoms with Gasteiger partial charge in [0.2, 0.25) is 0 Å². The first-order valence-corrected chi connectivity index (χ1v) is 4.56. The van der Waals surface area contributed by atoms with Crippen LogP contribution in [0.25, 0.3) is 0 Å². The molecule has 0 aromatic rings. The van der Waals surface area contributed by atoms with Gasteiger partial charge in [-0.1, -0.05) is 0 Å². The Balaban J connectivity index is 1.95. The van der Waals surface area contributed by atoms with Crippen LogP contribution in [0.1, 0.15) is 6.42 Å². The standard InChI is InChI=1S/C8H14N2O3/c9-3-7-4-10(8(11)13-7)6-1-2-12-5-6/h6-7H,1-5,9H2/t6?,7-/m0/s1. The molecular formula is C8H14N2O3. The molecule has 2 atom stereocenters. The summed E-state index contributed by atoms with van der Waals surface area (Å²) < 4.78 is 10.2. The summed E-state index contributed by atoms with van der Waals surface area (Å²) in [5.74, 6) is 0. The van der Waals surface area contributed by atoms with Gasteiger partial charge in [0.25, 0.3) is 0 Å². The minimum atomic E-state index is -0.244. The van der Waals surface area contributed by atoms with E-state index in [1.807, 2.05) is 0 Å². The van der Waals surface area contributed by atoms with E-state index in [9.17, 15) is 4.79 Å². The second-order valence-corrected chi connectivity index (χ2v) is 3.41. The molecule has 0 aliphatic carbocycles. The molecule has 2 saturated heterocycles. The van der Waals surface area contributed by atoms with Crippen LogP contribution in [0, 0.1) is 0 Å². The highest BCUT2D eigenvalue weighted by molar-refractivity contribution is 5.70. The third kappa shape index (κ3) is 1.62. The van der Waals surface area contributed by atoms with Crippen molar-refractivity contribution in [1.82, 2.24) is 4.90 Å². The van der Waals surface area contributed by atoms with Crippen molar-refractivity contribution in [3.8, 4) is 0 Å². The molecule has 2 rings (SSSR count). The van der Waals surface area contributed by atoms with E-state index in [2.05, 4.69) is 0 Å². The summed E-state index contributed by atoms with van der Waals surface area (Å²) in [6.45, 7) is 2.38. The number of hydrogen-bond acceptors (Lipinski definition) is 4. The third-order valence-electron chi connectivity index (χ3n) is 2.51. The number of rotatable bonds is 2. The predicted octanol–water partition coefficient (Wildman–Crippen LogP) is -0.445. The van der Waals surface area contributed by atoms with Gasteiger partial charge in [-0.05, 0) is 6.42 Å². The van der Waals surface area contributed by atoms with Crippen LogP contribution in [0.15, 0.2) is 0 Å². The molecule has 2 N–H and O–H groups in total. The molecule has 0 spiro atoms. The van der Waals surface area contributed by atoms with E-state index in [1.165, 1.54) is 0 Å². The first-order valence-electron chi connectivity index (χ1n) is 4.56. The fourth-order valence-corrected chi connectivity index (χ4v) is 1.73. The monoisotopic (exact) mass is 186 g/mol. The van der Waals surface area contributed by atoms with Crippen LogP contribution in [-0.4, -0.2) is 49.4 Å². The zero-order chi connectivity index (χ0) is 9.26. The molecule has 13 heavy (non-hydrogen) atoms. The minimum absolute atomic E-state index is 0.131. The van der Waals surface area contributed by atoms with Gasteiger partial charge in [0, 0.05) is 13.2 Å². The molecule has 5 heteroatoms. The van der Waals surface area contributed by atoms with E-state index < -0.39 is 0 Å². The zero-order valence-electron chi connectivity index (χ0n) is 7.44. The first-order chi connectivity index (χ1) is 6.31. The molecule has 2 fully saturated rings. The Morgan fingerprint density at radius 2 is 2.46 bits per heavy atom. The molecule has 0 aromatic carbocycles. The summed E-state index contributed by atoms with van der Waals surface area (Å²) in [5, 5.41) is 0. The van der Waals surface area contributed by atoms with Crippen molar-refractivity contribution in [3.63, 3.8) is 0 Å². The van der Waals surface area contributed by atoms with Crippen molar-refractivity contribution in [2.24, 2.45) is 5.73 Å². The quantitative estimate of drug-likeness (QED) is 0.634. The van der Waals surface area contributed by atoms with Gasteiger partial charge in [-0.25, -0.2) is 4.79 Å². The molecule has 1 unspecified atom stereocenters. The molecule has 5 nitrogen and oxygen atoms in total. The molecule has 2 heterocycles. The normalized spacial score (nSPS) is 33.9. The van der Waals surface area contributed by atoms with E-state index in [-0.39, 0.29) is 18.2 Å². The van der Waals surface area contributed by atoms with Gasteiger partial charge in [-0.15, -0.1) is 0 Å². The van der Waals surface area contributed by atoms with Crippen LogP contribution < -0.4 is 5.73 Å². The van der Waals surface area contributed by atoms with Crippen molar-refractivity contribution in [2.45, 2.75) is 18.6 Å². The topological polar surface area (TPSA) is 64.8 Å². The van der Waals surface area contributed by atoms with Crippen LogP contribution in [0.4, 0.5) is 4.79 Å². The van der Waals surface area contributed by atoms with E-state index in [1.54, 1.807) is 4.90 Å². The lowest BCUT2D eigenvalue weighted by atomic mass is 10.2. The number of carbonyl (C=O) groups is 1. The van der Waals surface area contributed by atoms with Crippen LogP contribution in [-0.2, 0) is 9.47 Å². The number of hydrogen-bond donors (Lipinski definition) is 1. The number of cyclic esters (lactones) is 1. The zero-order valence-corrected chi connectivity index (χ0v) is 7.44. The number of nitrogens with zero attached hydrogens (tertiary/aromatic N) is 1. The minimum Gasteiger partial charge on any atom is -0.443 e. The Bertz CT molecular complexity index is 204. The van der Waals surface area contributed by atoms with E-state index in [0.29, 0.717) is 19.7 Å². The Kier molecular flexibility index (Phi) is 2.37. The largest absolute Gasteiger partial charge is 0.443 e. The Labute approximate surface area is 76.8 Å². The highest BCUT2D eigenvalue weighted by Crippen LogP contribution is 2.19. The molecule has 0 radical (unpaired) electrons. The molecule has 2 aliphatic heterocycles. The summed E-state index contributed by atoms with van der Waals surface area (Å²) in [6.07, 6.45) is 0.533. The number of amides is 1. The van der Waals surface area contributed by atoms with E-state index in [4.69, 9.17) is 15.2 Å². The fourth-order valence-electron chi connectivity index (χ4n) is 1.73. The highest BCUT2D eigenvalue weighted by Gasteiger charge is 2.36. The number of ether oxygens (including phenoxy) is 2. The van der Waals surface area contributed by atoms with Crippen LogP contribution >= 0.6 is 0 Å². The van der Waals surface area contributed by atoms with Crippen molar-refractivity contribution in [1.29, 1.82) is 0 Å². The Hall–Kier alpha value is -0.810. The average Bonchev–Trinajstić information content (AvgIpc) is 2.72. The second-order valence-electron chi connectivity index (χ2n) is 3.41. The maximum atomic E-state index is 11.3. The van der Waals surface area contributed by atoms with Crippen LogP contribution in [0.3, 0.4) is 0 Å². The summed E-state index contributed by atoms with van der Waals surface area (Å²) >= 11 is 0. The van der Waals surface area contributed by atoms with Gasteiger partial charge in [0.15, 0.2) is 0 Å². The van der Waals surface area contributed by atoms with Gasteiger partial charge in [-0.3, -0.25) is 4.90 Å². The van der Waals surface area contributed by atoms with Gasteiger partial charge in [0.05, 0.1) is 19.2 Å². The molecule has 74 valence electrons. The van der Waals surface area contributed by atoms with E-state index >= 15 is 0 Å². The summed E-state index contributed by atoms with van der Waals surface area (Å²) in [6, 6.07) is 0.198. The van der Waals surface area contributed by atoms with Crippen molar-refractivity contribution >= 4 is 6.09 Å². The number of carbonyl (C=O) groups excluding carboxylic acids is 1. The van der Waals surface area contributed by atoms with Crippen molar-refractivity contribution in [3.05, 3.63) is 0 Å². The fraction of sp³-hybridized carbons (Fsp3) is 0.875. The third-order valence-corrected chi connectivity index (χ3v) is 2.51. The van der Waals surface area contributed by atoms with Gasteiger partial charge in [0.1, 0.15) is 6.10 Å². The van der Waals surface area contributed by atoms with Gasteiger partial charge >= 0.3 is 6.09 Å². The molecular weight excluding hydrogens is 172 g/mol. The number of nitrogens with two attached hydrogens (primary N) is 1. The lowest BCUT2D eigenvalue weighted by molar-refractivity contribution is 0.125. The van der Waals surface area contributed by atoms with Crippen LogP contribution in [0.2, 0.25) is 0 Å². The lowest BCUT2D eigenvalue weighted by Gasteiger charge is -2.18. The highest BCUT2D eigenvalue weighted by atomic mass is 16.6. The van der Waals surface area contributed by atoms with Crippen molar-refractivity contribution in [2.75, 3.05) is 26.3 Å². The predicted molar refractivity (Wildman–Crippen MR) is 45.3 cm³/mol. The molecule has 2 aliphatic rings. The summed E-state index contributed by atoms with van der Waals surface area (Å²) in [7, 11) is 0. The maximum absolute atomic E-state index is 11.3. The molecule has 0 aromatic heterocycles. The molecule has 0 saturated carbocycles. The lowest BCUT2D eigenvalue weighted by Crippen LogP contribution is -2.37. The summed E-state index contributed by atoms with van der Waals surface area (Å²) in [5.41, 5.74) is 5.42. The van der Waals surface area contributed by atoms with Crippen LogP contribution in [0.5, 0.6) is 0 Å². The van der Waals surface area contributed by atoms with Gasteiger partial charge < -0.3 is 15.2 Å². The Morgan fingerprint density at radius 3 is 3.00 bits per heavy atom. The van der Waals surface area contributed by atoms with E-state index in [0.717, 1.165) is 13.0 Å². The van der Waals surface area contributed by atoms with Crippen molar-refractivity contribution < 1.29 is 14.3 Å². The molecule has 0 bridgehead atoms. The Morgan fingerprint density at radius 1 is 1.62 bits per heavy atom. The smallest absolute Gasteiger partial charge is 0.410 e. The first kappa shape index (κ1) is 8.77. The second kappa shape index (κ2) is 3.51. The average molecular weight is 186 g/mol. The maximum Gasteiger partial charge on any atom is 0.410 e. The molecule has 1 amide bonds.